The minimum atomic E-state index is -2.96. The first kappa shape index (κ1) is 16.2. The van der Waals surface area contributed by atoms with Crippen molar-refractivity contribution in [3.8, 4) is 11.5 Å². The van der Waals surface area contributed by atoms with Crippen molar-refractivity contribution >= 4 is 5.97 Å². The molecule has 1 aromatic carbocycles. The smallest absolute Gasteiger partial charge is 0.387 e. The molecule has 1 aromatic rings. The highest BCUT2D eigenvalue weighted by molar-refractivity contribution is 5.72. The average molecular weight is 289 g/mol. The van der Waals surface area contributed by atoms with Crippen LogP contribution in [0.15, 0.2) is 18.2 Å². The van der Waals surface area contributed by atoms with Gasteiger partial charge in [-0.1, -0.05) is 6.07 Å². The van der Waals surface area contributed by atoms with Crippen molar-refractivity contribution in [2.75, 3.05) is 14.2 Å². The van der Waals surface area contributed by atoms with Gasteiger partial charge in [0.05, 0.1) is 7.11 Å². The molecule has 112 valence electrons. The Bertz CT molecular complexity index is 468. The number of halogens is 2. The van der Waals surface area contributed by atoms with Gasteiger partial charge in [0.2, 0.25) is 0 Å². The van der Waals surface area contributed by atoms with Crippen LogP contribution in [0.1, 0.15) is 12.5 Å². The van der Waals surface area contributed by atoms with E-state index in [0.717, 1.165) is 0 Å². The Morgan fingerprint density at radius 1 is 1.45 bits per heavy atom. The van der Waals surface area contributed by atoms with Gasteiger partial charge in [-0.05, 0) is 20.0 Å². The number of ether oxygens (including phenoxy) is 2. The van der Waals surface area contributed by atoms with Crippen LogP contribution in [0, 0.1) is 0 Å². The summed E-state index contributed by atoms with van der Waals surface area (Å²) in [7, 11) is 3.01. The molecule has 0 fully saturated rings. The molecule has 1 N–H and O–H groups in total. The second-order valence-electron chi connectivity index (χ2n) is 4.28. The quantitative estimate of drug-likeness (QED) is 0.834. The number of benzene rings is 1. The molecule has 0 heterocycles. The van der Waals surface area contributed by atoms with Crippen molar-refractivity contribution in [3.05, 3.63) is 23.8 Å². The lowest BCUT2D eigenvalue weighted by molar-refractivity contribution is -0.142. The summed E-state index contributed by atoms with van der Waals surface area (Å²) in [5, 5.41) is 8.91. The highest BCUT2D eigenvalue weighted by Crippen LogP contribution is 2.27. The zero-order valence-electron chi connectivity index (χ0n) is 11.5. The van der Waals surface area contributed by atoms with Crippen molar-refractivity contribution in [2.45, 2.75) is 26.1 Å². The van der Waals surface area contributed by atoms with E-state index in [0.29, 0.717) is 11.3 Å². The predicted molar refractivity (Wildman–Crippen MR) is 68.2 cm³/mol. The summed E-state index contributed by atoms with van der Waals surface area (Å²) in [5.41, 5.74) is 0.460. The minimum absolute atomic E-state index is 0.0243. The van der Waals surface area contributed by atoms with Crippen molar-refractivity contribution in [1.82, 2.24) is 4.90 Å². The normalized spacial score (nSPS) is 12.6. The van der Waals surface area contributed by atoms with E-state index in [9.17, 15) is 13.6 Å². The number of rotatable bonds is 7. The highest BCUT2D eigenvalue weighted by atomic mass is 19.3. The highest BCUT2D eigenvalue weighted by Gasteiger charge is 2.19. The van der Waals surface area contributed by atoms with Crippen molar-refractivity contribution in [3.63, 3.8) is 0 Å². The monoisotopic (exact) mass is 289 g/mol. The molecule has 7 heteroatoms. The van der Waals surface area contributed by atoms with E-state index in [4.69, 9.17) is 9.84 Å². The molecule has 0 saturated carbocycles. The number of likely N-dealkylation sites (N-methyl/N-ethyl adjacent to an activating group) is 1. The lowest BCUT2D eigenvalue weighted by atomic mass is 10.1. The van der Waals surface area contributed by atoms with E-state index in [2.05, 4.69) is 4.74 Å². The number of carbonyl (C=O) groups is 1. The van der Waals surface area contributed by atoms with Crippen LogP contribution >= 0.6 is 0 Å². The van der Waals surface area contributed by atoms with Gasteiger partial charge in [0.15, 0.2) is 0 Å². The van der Waals surface area contributed by atoms with Gasteiger partial charge >= 0.3 is 12.6 Å². The van der Waals surface area contributed by atoms with Crippen LogP contribution in [-0.4, -0.2) is 42.8 Å². The summed E-state index contributed by atoms with van der Waals surface area (Å²) >= 11 is 0. The zero-order chi connectivity index (χ0) is 15.3. The van der Waals surface area contributed by atoms with Crippen molar-refractivity contribution in [2.24, 2.45) is 0 Å². The van der Waals surface area contributed by atoms with Crippen molar-refractivity contribution < 1.29 is 28.2 Å². The number of hydrogen-bond acceptors (Lipinski definition) is 4. The second kappa shape index (κ2) is 7.04. The van der Waals surface area contributed by atoms with E-state index in [-0.39, 0.29) is 12.3 Å². The van der Waals surface area contributed by atoms with Crippen LogP contribution in [0.3, 0.4) is 0 Å². The third kappa shape index (κ3) is 4.34. The van der Waals surface area contributed by atoms with Crippen LogP contribution in [0.4, 0.5) is 8.78 Å². The summed E-state index contributed by atoms with van der Waals surface area (Å²) in [6, 6.07) is 3.78. The lowest BCUT2D eigenvalue weighted by Crippen LogP contribution is -2.35. The Labute approximate surface area is 115 Å². The predicted octanol–water partition coefficient (Wildman–Crippen LogP) is 2.20. The molecule has 0 aliphatic carbocycles. The molecule has 1 atom stereocenters. The fourth-order valence-corrected chi connectivity index (χ4v) is 1.59. The van der Waals surface area contributed by atoms with Gasteiger partial charge in [-0.3, -0.25) is 9.69 Å². The first-order valence-electron chi connectivity index (χ1n) is 5.90. The first-order chi connectivity index (χ1) is 9.35. The maximum atomic E-state index is 12.4. The van der Waals surface area contributed by atoms with E-state index < -0.39 is 18.6 Å². The van der Waals surface area contributed by atoms with Crippen LogP contribution in [0.2, 0.25) is 0 Å². The van der Waals surface area contributed by atoms with Gasteiger partial charge in [-0.25, -0.2) is 0 Å². The Kier molecular flexibility index (Phi) is 5.69. The Morgan fingerprint density at radius 2 is 2.10 bits per heavy atom. The number of methoxy groups -OCH3 is 1. The number of hydrogen-bond donors (Lipinski definition) is 1. The summed E-state index contributed by atoms with van der Waals surface area (Å²) in [6.07, 6.45) is 0. The van der Waals surface area contributed by atoms with Gasteiger partial charge in [-0.2, -0.15) is 8.78 Å². The molecule has 0 radical (unpaired) electrons. The molecule has 0 bridgehead atoms. The summed E-state index contributed by atoms with van der Waals surface area (Å²) in [4.78, 5) is 12.4. The Hall–Kier alpha value is -1.89. The van der Waals surface area contributed by atoms with Crippen LogP contribution < -0.4 is 9.47 Å². The Balaban J connectivity index is 2.95. The zero-order valence-corrected chi connectivity index (χ0v) is 11.5. The topological polar surface area (TPSA) is 59.0 Å². The molecule has 1 rings (SSSR count). The van der Waals surface area contributed by atoms with Gasteiger partial charge in [-0.15, -0.1) is 0 Å². The second-order valence-corrected chi connectivity index (χ2v) is 4.28. The maximum absolute atomic E-state index is 12.4. The third-order valence-electron chi connectivity index (χ3n) is 2.93. The number of carboxylic acid groups (broad SMARTS) is 1. The number of aliphatic carboxylic acids is 1. The first-order valence-corrected chi connectivity index (χ1v) is 5.90. The average Bonchev–Trinajstić information content (AvgIpc) is 2.38. The van der Waals surface area contributed by atoms with Gasteiger partial charge in [0.25, 0.3) is 0 Å². The number of carboxylic acids is 1. The van der Waals surface area contributed by atoms with Crippen LogP contribution in [0.25, 0.3) is 0 Å². The largest absolute Gasteiger partial charge is 0.497 e. The van der Waals surface area contributed by atoms with E-state index in [1.807, 2.05) is 0 Å². The lowest BCUT2D eigenvalue weighted by Gasteiger charge is -2.22. The molecule has 0 aromatic heterocycles. The van der Waals surface area contributed by atoms with Crippen molar-refractivity contribution in [1.29, 1.82) is 0 Å². The molecule has 0 aliphatic heterocycles. The molecular weight excluding hydrogens is 272 g/mol. The molecule has 20 heavy (non-hydrogen) atoms. The molecule has 0 saturated heterocycles. The molecule has 1 unspecified atom stereocenters. The van der Waals surface area contributed by atoms with Gasteiger partial charge < -0.3 is 14.6 Å². The third-order valence-corrected chi connectivity index (χ3v) is 2.93. The molecule has 0 aliphatic rings. The number of alkyl halides is 2. The molecule has 5 nitrogen and oxygen atoms in total. The maximum Gasteiger partial charge on any atom is 0.387 e. The van der Waals surface area contributed by atoms with E-state index in [1.165, 1.54) is 25.0 Å². The van der Waals surface area contributed by atoms with E-state index >= 15 is 0 Å². The number of nitrogens with zero attached hydrogens (tertiary/aromatic N) is 1. The Morgan fingerprint density at radius 3 is 2.60 bits per heavy atom. The molecular formula is C13H17F2NO4. The summed E-state index contributed by atoms with van der Waals surface area (Å²) < 4.78 is 34.2. The molecule has 0 spiro atoms. The van der Waals surface area contributed by atoms with Gasteiger partial charge in [0, 0.05) is 18.2 Å². The summed E-state index contributed by atoms with van der Waals surface area (Å²) in [5.74, 6) is -0.625. The standard InChI is InChI=1S/C13H17F2NO4/c1-8(12(17)18)16(2)7-9-4-5-10(19-3)6-11(9)20-13(14)15/h4-6,8,13H,7H2,1-3H3,(H,17,18). The molecule has 0 amide bonds. The van der Waals surface area contributed by atoms with E-state index in [1.54, 1.807) is 19.2 Å². The fraction of sp³-hybridized carbons (Fsp3) is 0.462. The summed E-state index contributed by atoms with van der Waals surface area (Å²) in [6.45, 7) is -1.28. The minimum Gasteiger partial charge on any atom is -0.497 e. The van der Waals surface area contributed by atoms with Crippen LogP contribution in [-0.2, 0) is 11.3 Å². The fourth-order valence-electron chi connectivity index (χ4n) is 1.59. The van der Waals surface area contributed by atoms with Gasteiger partial charge in [0.1, 0.15) is 17.5 Å². The SMILES string of the molecule is COc1ccc(CN(C)C(C)C(=O)O)c(OC(F)F)c1. The van der Waals surface area contributed by atoms with Crippen LogP contribution in [0.5, 0.6) is 11.5 Å².